The summed E-state index contributed by atoms with van der Waals surface area (Å²) >= 11 is 0. The fourth-order valence-corrected chi connectivity index (χ4v) is 10.6. The molecule has 0 saturated carbocycles. The Labute approximate surface area is 338 Å². The van der Waals surface area contributed by atoms with Gasteiger partial charge in [-0.3, -0.25) is 44.1 Å². The van der Waals surface area contributed by atoms with Crippen LogP contribution < -0.4 is 10.2 Å². The molecule has 308 valence electrons. The number of H-pyrrole nitrogens is 1. The second kappa shape index (κ2) is 14.6. The van der Waals surface area contributed by atoms with E-state index in [0.29, 0.717) is 67.1 Å². The number of aromatic amines is 1. The Kier molecular flexibility index (Phi) is 9.40. The van der Waals surface area contributed by atoms with Crippen LogP contribution in [0.15, 0.2) is 48.5 Å². The molecule has 7 heterocycles. The first kappa shape index (κ1) is 38.1. The van der Waals surface area contributed by atoms with E-state index in [9.17, 15) is 28.0 Å². The molecule has 3 atom stereocenters. The van der Waals surface area contributed by atoms with Gasteiger partial charge in [-0.05, 0) is 85.5 Å². The monoisotopic (exact) mass is 811 g/mol. The van der Waals surface area contributed by atoms with Crippen molar-refractivity contribution < 1.29 is 36.7 Å². The highest BCUT2D eigenvalue weighted by Gasteiger charge is 2.46. The van der Waals surface area contributed by atoms with E-state index in [-0.39, 0.29) is 24.4 Å². The van der Waals surface area contributed by atoms with Gasteiger partial charge in [-0.1, -0.05) is 18.2 Å². The number of halogens is 4. The van der Waals surface area contributed by atoms with Gasteiger partial charge in [-0.2, -0.15) is 0 Å². The average Bonchev–Trinajstić information content (AvgIpc) is 3.84. The molecule has 0 radical (unpaired) electrons. The zero-order valence-electron chi connectivity index (χ0n) is 32.7. The predicted octanol–water partition coefficient (Wildman–Crippen LogP) is 5.36. The molecule has 15 heteroatoms. The van der Waals surface area contributed by atoms with E-state index in [1.807, 2.05) is 36.1 Å². The van der Waals surface area contributed by atoms with Crippen LogP contribution in [-0.2, 0) is 29.1 Å². The number of carbonyl (C=O) groups excluding carboxylic acids is 4. The van der Waals surface area contributed by atoms with Gasteiger partial charge in [0.1, 0.15) is 17.7 Å². The molecule has 6 aliphatic heterocycles. The molecule has 1 unspecified atom stereocenters. The number of aromatic nitrogens is 1. The number of anilines is 1. The van der Waals surface area contributed by atoms with E-state index < -0.39 is 60.3 Å². The Morgan fingerprint density at radius 3 is 2.17 bits per heavy atom. The third-order valence-electron chi connectivity index (χ3n) is 13.7. The molecule has 4 amide bonds. The highest BCUT2D eigenvalue weighted by Crippen LogP contribution is 2.44. The van der Waals surface area contributed by atoms with E-state index in [0.717, 1.165) is 65.0 Å². The van der Waals surface area contributed by atoms with Crippen LogP contribution in [0.5, 0.6) is 0 Å². The van der Waals surface area contributed by atoms with Crippen molar-refractivity contribution in [3.63, 3.8) is 0 Å². The third-order valence-corrected chi connectivity index (χ3v) is 13.7. The number of rotatable bonds is 8. The fourth-order valence-electron chi connectivity index (χ4n) is 10.6. The number of imide groups is 2. The van der Waals surface area contributed by atoms with E-state index in [4.69, 9.17) is 0 Å². The van der Waals surface area contributed by atoms with Gasteiger partial charge >= 0.3 is 0 Å². The number of hydrogen-bond acceptors (Lipinski definition) is 8. The van der Waals surface area contributed by atoms with Crippen LogP contribution in [0.1, 0.15) is 87.3 Å². The van der Waals surface area contributed by atoms with Crippen molar-refractivity contribution >= 4 is 40.2 Å². The molecule has 3 aromatic carbocycles. The molecule has 4 aromatic rings. The number of amides is 4. The number of piperidine rings is 2. The minimum absolute atomic E-state index is 0.0770. The first-order valence-electron chi connectivity index (χ1n) is 20.6. The number of fused-ring (bicyclic) bond motifs is 5. The van der Waals surface area contributed by atoms with Gasteiger partial charge in [-0.15, -0.1) is 0 Å². The molecule has 0 spiro atoms. The van der Waals surface area contributed by atoms with Gasteiger partial charge in [0.2, 0.25) is 11.8 Å². The van der Waals surface area contributed by atoms with E-state index in [1.165, 1.54) is 17.0 Å². The summed E-state index contributed by atoms with van der Waals surface area (Å²) in [7, 11) is 0. The molecular formula is C44H45F4N7O4. The fraction of sp³-hybridized carbons (Fsp3) is 0.455. The predicted molar refractivity (Wildman–Crippen MR) is 210 cm³/mol. The molecule has 3 saturated heterocycles. The van der Waals surface area contributed by atoms with Gasteiger partial charge in [-0.25, -0.2) is 17.6 Å². The number of nitrogens with zero attached hydrogens (tertiary/aromatic N) is 5. The van der Waals surface area contributed by atoms with Gasteiger partial charge in [0.15, 0.2) is 0 Å². The van der Waals surface area contributed by atoms with Crippen molar-refractivity contribution in [2.45, 2.75) is 82.7 Å². The summed E-state index contributed by atoms with van der Waals surface area (Å²) in [6, 6.07) is 11.9. The Morgan fingerprint density at radius 2 is 1.53 bits per heavy atom. The standard InChI is InChI=1S/C44H45F4N7O4/c1-23-12-30-29-4-2-3-5-35(29)49-40(30)41(54(23)22-37(47)48)39-33(45)15-27(16-34(39)46)52-10-8-24(9-11-52)17-51-20-28(21-51)53-18-25-13-31-32(14-26(25)19-53)44(59)55(43(31)58)36-6-7-38(56)50-42(36)57/h2-5,13-16,23-24,28,36-37,41,49H,6-12,17-22H2,1H3,(H,50,56,57)/t23-,36?,41-/m1/s1. The quantitative estimate of drug-likeness (QED) is 0.181. The number of hydrogen-bond donors (Lipinski definition) is 2. The Balaban J connectivity index is 0.752. The molecule has 1 aromatic heterocycles. The van der Waals surface area contributed by atoms with Crippen LogP contribution in [0.4, 0.5) is 23.2 Å². The number of alkyl halides is 2. The molecule has 0 bridgehead atoms. The van der Waals surface area contributed by atoms with Gasteiger partial charge in [0.05, 0.1) is 23.7 Å². The maximum Gasteiger partial charge on any atom is 0.262 e. The highest BCUT2D eigenvalue weighted by atomic mass is 19.3. The molecule has 6 aliphatic rings. The molecule has 59 heavy (non-hydrogen) atoms. The van der Waals surface area contributed by atoms with E-state index >= 15 is 8.78 Å². The highest BCUT2D eigenvalue weighted by molar-refractivity contribution is 6.23. The number of likely N-dealkylation sites (tertiary alicyclic amines) is 1. The van der Waals surface area contributed by atoms with Crippen LogP contribution in [0, 0.1) is 17.6 Å². The molecule has 0 aliphatic carbocycles. The molecule has 10 rings (SSSR count). The number of para-hydroxylation sites is 1. The third kappa shape index (κ3) is 6.52. The lowest BCUT2D eigenvalue weighted by Crippen LogP contribution is -2.59. The normalized spacial score (nSPS) is 24.6. The Hall–Kier alpha value is -5.12. The van der Waals surface area contributed by atoms with Crippen LogP contribution in [0.3, 0.4) is 0 Å². The number of nitrogens with one attached hydrogen (secondary N) is 2. The maximum atomic E-state index is 16.2. The van der Waals surface area contributed by atoms with Gasteiger partial charge in [0, 0.05) is 92.2 Å². The van der Waals surface area contributed by atoms with Crippen molar-refractivity contribution in [1.29, 1.82) is 0 Å². The smallest absolute Gasteiger partial charge is 0.262 e. The van der Waals surface area contributed by atoms with Crippen molar-refractivity contribution in [2.75, 3.05) is 44.2 Å². The van der Waals surface area contributed by atoms with Crippen LogP contribution >= 0.6 is 0 Å². The Morgan fingerprint density at radius 1 is 0.864 bits per heavy atom. The lowest BCUT2D eigenvalue weighted by molar-refractivity contribution is -0.136. The summed E-state index contributed by atoms with van der Waals surface area (Å²) in [6.07, 6.45) is -0.239. The second-order valence-electron chi connectivity index (χ2n) is 17.3. The van der Waals surface area contributed by atoms with Crippen LogP contribution in [-0.4, -0.2) is 112 Å². The summed E-state index contributed by atoms with van der Waals surface area (Å²) in [4.78, 5) is 63.4. The first-order chi connectivity index (χ1) is 28.4. The average molecular weight is 812 g/mol. The zero-order chi connectivity index (χ0) is 40.9. The van der Waals surface area contributed by atoms with Crippen molar-refractivity contribution in [1.82, 2.24) is 29.9 Å². The summed E-state index contributed by atoms with van der Waals surface area (Å²) in [5.74, 6) is -3.06. The van der Waals surface area contributed by atoms with E-state index in [1.54, 1.807) is 12.1 Å². The van der Waals surface area contributed by atoms with Crippen molar-refractivity contribution in [3.8, 4) is 0 Å². The van der Waals surface area contributed by atoms with Crippen molar-refractivity contribution in [2.24, 2.45) is 5.92 Å². The minimum atomic E-state index is -2.66. The lowest BCUT2D eigenvalue weighted by Gasteiger charge is -2.46. The molecule has 11 nitrogen and oxygen atoms in total. The SMILES string of the molecule is C[C@@H]1Cc2c([nH]c3ccccc23)[C@@H](c2c(F)cc(N3CCC(CN4CC(N5Cc6cc7c(cc6C5)C(=O)N(C5CCC(=O)NC5=O)C7=O)C4)CC3)cc2F)N1CC(F)F. The van der Waals surface area contributed by atoms with Gasteiger partial charge < -0.3 is 9.88 Å². The lowest BCUT2D eigenvalue weighted by atomic mass is 9.88. The molecular weight excluding hydrogens is 767 g/mol. The largest absolute Gasteiger partial charge is 0.371 e. The first-order valence-corrected chi connectivity index (χ1v) is 20.6. The summed E-state index contributed by atoms with van der Waals surface area (Å²) in [5, 5.41) is 3.17. The summed E-state index contributed by atoms with van der Waals surface area (Å²) < 4.78 is 60.3. The molecule has 3 fully saturated rings. The van der Waals surface area contributed by atoms with E-state index in [2.05, 4.69) is 20.1 Å². The number of benzene rings is 3. The summed E-state index contributed by atoms with van der Waals surface area (Å²) in [5.41, 5.74) is 5.16. The van der Waals surface area contributed by atoms with Crippen molar-refractivity contribution in [3.05, 3.63) is 99.2 Å². The number of carbonyl (C=O) groups is 4. The summed E-state index contributed by atoms with van der Waals surface area (Å²) in [6.45, 7) is 6.58. The topological polar surface area (TPSA) is 112 Å². The molecule has 2 N–H and O–H groups in total. The van der Waals surface area contributed by atoms with Crippen LogP contribution in [0.2, 0.25) is 0 Å². The second-order valence-corrected chi connectivity index (χ2v) is 17.3. The zero-order valence-corrected chi connectivity index (χ0v) is 32.7. The maximum absolute atomic E-state index is 16.2. The minimum Gasteiger partial charge on any atom is -0.371 e. The van der Waals surface area contributed by atoms with Gasteiger partial charge in [0.25, 0.3) is 18.2 Å². The van der Waals surface area contributed by atoms with Crippen LogP contribution in [0.25, 0.3) is 10.9 Å². The Bertz CT molecular complexity index is 2340.